The molecule has 0 saturated carbocycles. The number of rotatable bonds is 5. The Balaban J connectivity index is 2.18. The molecule has 0 heterocycles. The number of aryl methyl sites for hydroxylation is 1. The van der Waals surface area contributed by atoms with Gasteiger partial charge in [0.25, 0.3) is 0 Å². The number of benzene rings is 1. The van der Waals surface area contributed by atoms with E-state index >= 15 is 0 Å². The predicted molar refractivity (Wildman–Crippen MR) is 63.7 cm³/mol. The van der Waals surface area contributed by atoms with Crippen LogP contribution in [0.5, 0.6) is 5.75 Å². The molecular formula is C12H18N2O2. The van der Waals surface area contributed by atoms with E-state index in [-0.39, 0.29) is 6.03 Å². The zero-order valence-corrected chi connectivity index (χ0v) is 9.75. The van der Waals surface area contributed by atoms with Crippen molar-refractivity contribution in [2.75, 3.05) is 19.7 Å². The van der Waals surface area contributed by atoms with Gasteiger partial charge in [0, 0.05) is 6.54 Å². The van der Waals surface area contributed by atoms with Crippen molar-refractivity contribution >= 4 is 6.03 Å². The van der Waals surface area contributed by atoms with Gasteiger partial charge in [0.15, 0.2) is 0 Å². The van der Waals surface area contributed by atoms with Gasteiger partial charge < -0.3 is 15.4 Å². The summed E-state index contributed by atoms with van der Waals surface area (Å²) in [5, 5.41) is 5.34. The molecule has 0 aliphatic carbocycles. The predicted octanol–water partition coefficient (Wildman–Crippen LogP) is 1.69. The maximum Gasteiger partial charge on any atom is 0.314 e. The SMILES string of the molecule is CCNC(=O)NCCOc1cccc(C)c1. The Morgan fingerprint density at radius 3 is 2.88 bits per heavy atom. The molecule has 0 bridgehead atoms. The van der Waals surface area contributed by atoms with E-state index in [9.17, 15) is 4.79 Å². The lowest BCUT2D eigenvalue weighted by Gasteiger charge is -2.08. The van der Waals surface area contributed by atoms with Gasteiger partial charge in [-0.3, -0.25) is 0 Å². The first-order chi connectivity index (χ1) is 7.72. The molecule has 4 nitrogen and oxygen atoms in total. The van der Waals surface area contributed by atoms with Crippen LogP contribution in [-0.4, -0.2) is 25.7 Å². The van der Waals surface area contributed by atoms with Crippen LogP contribution in [0.25, 0.3) is 0 Å². The van der Waals surface area contributed by atoms with Crippen LogP contribution in [-0.2, 0) is 0 Å². The van der Waals surface area contributed by atoms with Gasteiger partial charge in [-0.2, -0.15) is 0 Å². The van der Waals surface area contributed by atoms with Crippen molar-refractivity contribution < 1.29 is 9.53 Å². The molecule has 0 spiro atoms. The van der Waals surface area contributed by atoms with E-state index in [0.29, 0.717) is 19.7 Å². The summed E-state index contributed by atoms with van der Waals surface area (Å²) in [4.78, 5) is 11.0. The van der Waals surface area contributed by atoms with Gasteiger partial charge in [0.2, 0.25) is 0 Å². The zero-order chi connectivity index (χ0) is 11.8. The Labute approximate surface area is 96.0 Å². The number of hydrogen-bond acceptors (Lipinski definition) is 2. The molecule has 2 N–H and O–H groups in total. The van der Waals surface area contributed by atoms with Crippen molar-refractivity contribution in [3.8, 4) is 5.75 Å². The molecule has 1 aromatic carbocycles. The first-order valence-corrected chi connectivity index (χ1v) is 5.43. The zero-order valence-electron chi connectivity index (χ0n) is 9.75. The summed E-state index contributed by atoms with van der Waals surface area (Å²) in [5.74, 6) is 0.831. The smallest absolute Gasteiger partial charge is 0.314 e. The molecule has 0 aliphatic rings. The van der Waals surface area contributed by atoms with Crippen molar-refractivity contribution in [1.29, 1.82) is 0 Å². The highest BCUT2D eigenvalue weighted by Gasteiger charge is 1.97. The molecule has 0 unspecified atom stereocenters. The lowest BCUT2D eigenvalue weighted by molar-refractivity contribution is 0.237. The monoisotopic (exact) mass is 222 g/mol. The van der Waals surface area contributed by atoms with Crippen LogP contribution < -0.4 is 15.4 Å². The standard InChI is InChI=1S/C12H18N2O2/c1-3-13-12(15)14-7-8-16-11-6-4-5-10(2)9-11/h4-6,9H,3,7-8H2,1-2H3,(H2,13,14,15). The minimum absolute atomic E-state index is 0.157. The third-order valence-electron chi connectivity index (χ3n) is 1.98. The number of hydrogen-bond donors (Lipinski definition) is 2. The molecule has 16 heavy (non-hydrogen) atoms. The van der Waals surface area contributed by atoms with E-state index in [1.54, 1.807) is 0 Å². The lowest BCUT2D eigenvalue weighted by Crippen LogP contribution is -2.37. The molecule has 1 aromatic rings. The first kappa shape index (κ1) is 12.4. The van der Waals surface area contributed by atoms with Gasteiger partial charge in [-0.25, -0.2) is 4.79 Å². The Morgan fingerprint density at radius 2 is 2.19 bits per heavy atom. The van der Waals surface area contributed by atoms with Crippen LogP contribution in [0.3, 0.4) is 0 Å². The number of urea groups is 1. The molecule has 1 rings (SSSR count). The topological polar surface area (TPSA) is 50.4 Å². The second-order valence-corrected chi connectivity index (χ2v) is 3.45. The van der Waals surface area contributed by atoms with Gasteiger partial charge >= 0.3 is 6.03 Å². The summed E-state index contributed by atoms with van der Waals surface area (Å²) in [6, 6.07) is 7.67. The molecule has 0 atom stereocenters. The van der Waals surface area contributed by atoms with Crippen LogP contribution in [0.1, 0.15) is 12.5 Å². The maximum absolute atomic E-state index is 11.0. The first-order valence-electron chi connectivity index (χ1n) is 5.43. The fourth-order valence-electron chi connectivity index (χ4n) is 1.26. The van der Waals surface area contributed by atoms with Crippen molar-refractivity contribution in [1.82, 2.24) is 10.6 Å². The molecule has 0 saturated heterocycles. The van der Waals surface area contributed by atoms with E-state index in [1.165, 1.54) is 0 Å². The van der Waals surface area contributed by atoms with E-state index in [2.05, 4.69) is 10.6 Å². The molecule has 88 valence electrons. The quantitative estimate of drug-likeness (QED) is 0.745. The number of ether oxygens (including phenoxy) is 1. The number of carbonyl (C=O) groups is 1. The molecule has 0 aromatic heterocycles. The Kier molecular flexibility index (Phi) is 5.19. The van der Waals surface area contributed by atoms with Crippen LogP contribution in [0.4, 0.5) is 4.79 Å². The minimum Gasteiger partial charge on any atom is -0.492 e. The number of amides is 2. The van der Waals surface area contributed by atoms with Crippen molar-refractivity contribution in [2.24, 2.45) is 0 Å². The van der Waals surface area contributed by atoms with E-state index in [0.717, 1.165) is 11.3 Å². The second kappa shape index (κ2) is 6.71. The summed E-state index contributed by atoms with van der Waals surface area (Å²) in [5.41, 5.74) is 1.16. The molecule has 0 radical (unpaired) electrons. The van der Waals surface area contributed by atoms with Gasteiger partial charge in [-0.05, 0) is 31.5 Å². The molecular weight excluding hydrogens is 204 g/mol. The molecule has 0 aliphatic heterocycles. The third kappa shape index (κ3) is 4.68. The van der Waals surface area contributed by atoms with Crippen LogP contribution in [0.2, 0.25) is 0 Å². The Morgan fingerprint density at radius 1 is 1.38 bits per heavy atom. The largest absolute Gasteiger partial charge is 0.492 e. The Bertz CT molecular complexity index is 340. The fraction of sp³-hybridized carbons (Fsp3) is 0.417. The summed E-state index contributed by atoms with van der Waals surface area (Å²) in [7, 11) is 0. The summed E-state index contributed by atoms with van der Waals surface area (Å²) < 4.78 is 5.47. The van der Waals surface area contributed by atoms with Crippen LogP contribution >= 0.6 is 0 Å². The number of nitrogens with one attached hydrogen (secondary N) is 2. The fourth-order valence-corrected chi connectivity index (χ4v) is 1.26. The van der Waals surface area contributed by atoms with Crippen LogP contribution in [0.15, 0.2) is 24.3 Å². The summed E-state index contributed by atoms with van der Waals surface area (Å²) in [6.45, 7) is 5.49. The van der Waals surface area contributed by atoms with E-state index in [4.69, 9.17) is 4.74 Å². The Hall–Kier alpha value is -1.71. The van der Waals surface area contributed by atoms with Crippen molar-refractivity contribution in [3.05, 3.63) is 29.8 Å². The average molecular weight is 222 g/mol. The minimum atomic E-state index is -0.157. The van der Waals surface area contributed by atoms with Gasteiger partial charge in [-0.15, -0.1) is 0 Å². The maximum atomic E-state index is 11.0. The average Bonchev–Trinajstić information content (AvgIpc) is 2.25. The summed E-state index contributed by atoms with van der Waals surface area (Å²) >= 11 is 0. The van der Waals surface area contributed by atoms with Crippen molar-refractivity contribution in [3.63, 3.8) is 0 Å². The van der Waals surface area contributed by atoms with E-state index < -0.39 is 0 Å². The summed E-state index contributed by atoms with van der Waals surface area (Å²) in [6.07, 6.45) is 0. The lowest BCUT2D eigenvalue weighted by atomic mass is 10.2. The molecule has 0 fully saturated rings. The van der Waals surface area contributed by atoms with Gasteiger partial charge in [0.1, 0.15) is 12.4 Å². The number of carbonyl (C=O) groups excluding carboxylic acids is 1. The van der Waals surface area contributed by atoms with Crippen molar-refractivity contribution in [2.45, 2.75) is 13.8 Å². The highest BCUT2D eigenvalue weighted by atomic mass is 16.5. The third-order valence-corrected chi connectivity index (χ3v) is 1.98. The highest BCUT2D eigenvalue weighted by Crippen LogP contribution is 2.11. The van der Waals surface area contributed by atoms with Gasteiger partial charge in [-0.1, -0.05) is 12.1 Å². The van der Waals surface area contributed by atoms with E-state index in [1.807, 2.05) is 38.1 Å². The van der Waals surface area contributed by atoms with Crippen LogP contribution in [0, 0.1) is 6.92 Å². The molecule has 2 amide bonds. The molecule has 4 heteroatoms. The normalized spacial score (nSPS) is 9.62. The second-order valence-electron chi connectivity index (χ2n) is 3.45. The van der Waals surface area contributed by atoms with Gasteiger partial charge in [0.05, 0.1) is 6.54 Å². The highest BCUT2D eigenvalue weighted by molar-refractivity contribution is 5.73.